The molecule has 1 N–H and O–H groups in total. The Morgan fingerprint density at radius 1 is 1.36 bits per heavy atom. The van der Waals surface area contributed by atoms with Crippen LogP contribution in [-0.4, -0.2) is 39.2 Å². The average molecular weight is 393 g/mol. The molecule has 1 aromatic carbocycles. The van der Waals surface area contributed by atoms with Gasteiger partial charge in [-0.3, -0.25) is 0 Å². The molecule has 2 aromatic heterocycles. The molecule has 9 heteroatoms. The second-order valence-electron chi connectivity index (χ2n) is 5.11. The summed E-state index contributed by atoms with van der Waals surface area (Å²) >= 11 is 13.1. The van der Waals surface area contributed by atoms with Gasteiger partial charge in [0.2, 0.25) is 4.77 Å². The van der Waals surface area contributed by atoms with Crippen molar-refractivity contribution < 1.29 is 0 Å². The number of aromatic amines is 1. The summed E-state index contributed by atoms with van der Waals surface area (Å²) < 4.78 is 1.97. The molecule has 25 heavy (non-hydrogen) atoms. The molecule has 0 aliphatic carbocycles. The molecular weight excluding hydrogens is 376 g/mol. The van der Waals surface area contributed by atoms with E-state index >= 15 is 0 Å². The van der Waals surface area contributed by atoms with Gasteiger partial charge in [0.05, 0.1) is 16.1 Å². The molecule has 0 aliphatic rings. The summed E-state index contributed by atoms with van der Waals surface area (Å²) in [6, 6.07) is 7.45. The lowest BCUT2D eigenvalue weighted by molar-refractivity contribution is 0.860. The third-order valence-electron chi connectivity index (χ3n) is 3.61. The number of benzene rings is 1. The second-order valence-corrected chi connectivity index (χ2v) is 6.94. The van der Waals surface area contributed by atoms with Gasteiger partial charge in [-0.15, -0.1) is 0 Å². The summed E-state index contributed by atoms with van der Waals surface area (Å²) in [5.74, 6) is 0.570. The minimum absolute atomic E-state index is 0.402. The number of halogens is 1. The Labute approximate surface area is 159 Å². The molecule has 3 rings (SSSR count). The van der Waals surface area contributed by atoms with Gasteiger partial charge in [-0.1, -0.05) is 35.1 Å². The summed E-state index contributed by atoms with van der Waals surface area (Å²) in [5.41, 5.74) is 0.766. The van der Waals surface area contributed by atoms with Crippen LogP contribution in [-0.2, 0) is 0 Å². The second kappa shape index (κ2) is 7.90. The highest BCUT2D eigenvalue weighted by molar-refractivity contribution is 7.71. The maximum atomic E-state index is 6.26. The molecule has 0 atom stereocenters. The first-order chi connectivity index (χ1) is 12.1. The predicted molar refractivity (Wildman–Crippen MR) is 107 cm³/mol. The van der Waals surface area contributed by atoms with E-state index in [0.29, 0.717) is 15.6 Å². The quantitative estimate of drug-likeness (QED) is 0.497. The van der Waals surface area contributed by atoms with Gasteiger partial charge in [0.15, 0.2) is 11.0 Å². The van der Waals surface area contributed by atoms with E-state index in [2.05, 4.69) is 39.0 Å². The zero-order chi connectivity index (χ0) is 17.8. The molecule has 6 nitrogen and oxygen atoms in total. The van der Waals surface area contributed by atoms with Gasteiger partial charge < -0.3 is 4.90 Å². The lowest BCUT2D eigenvalue weighted by Crippen LogP contribution is -2.21. The summed E-state index contributed by atoms with van der Waals surface area (Å²) in [5, 5.41) is 13.0. The van der Waals surface area contributed by atoms with E-state index in [-0.39, 0.29) is 0 Å². The number of nitrogens with zero attached hydrogens (tertiary/aromatic N) is 5. The molecule has 0 amide bonds. The smallest absolute Gasteiger partial charge is 0.216 e. The van der Waals surface area contributed by atoms with Crippen LogP contribution in [0.3, 0.4) is 0 Å². The molecule has 0 spiro atoms. The van der Waals surface area contributed by atoms with Crippen molar-refractivity contribution in [1.29, 1.82) is 0 Å². The maximum absolute atomic E-state index is 6.26. The van der Waals surface area contributed by atoms with Gasteiger partial charge in [0.1, 0.15) is 0 Å². The van der Waals surface area contributed by atoms with E-state index in [0.717, 1.165) is 28.7 Å². The van der Waals surface area contributed by atoms with Gasteiger partial charge >= 0.3 is 0 Å². The monoisotopic (exact) mass is 392 g/mol. The fourth-order valence-electron chi connectivity index (χ4n) is 2.31. The van der Waals surface area contributed by atoms with Crippen molar-refractivity contribution in [2.24, 2.45) is 5.10 Å². The number of aromatic nitrogens is 4. The molecule has 0 saturated carbocycles. The van der Waals surface area contributed by atoms with Crippen LogP contribution in [0.15, 0.2) is 35.6 Å². The standard InChI is InChI=1S/C16H17ClN6S2/c1-3-22(4-2)16-18-9-11(25-16)10-19-23-14(20-21-15(23)24)12-7-5-6-8-13(12)17/h5-10H,3-4H2,1-2H3,(H,21,24)/b19-10-. The summed E-state index contributed by atoms with van der Waals surface area (Å²) in [6.07, 6.45) is 3.54. The van der Waals surface area contributed by atoms with E-state index in [4.69, 9.17) is 23.8 Å². The highest BCUT2D eigenvalue weighted by Gasteiger charge is 2.11. The zero-order valence-electron chi connectivity index (χ0n) is 13.8. The molecule has 2 heterocycles. The Hall–Kier alpha value is -2.03. The van der Waals surface area contributed by atoms with Gasteiger partial charge in [-0.05, 0) is 38.2 Å². The van der Waals surface area contributed by atoms with E-state index in [1.54, 1.807) is 28.4 Å². The Morgan fingerprint density at radius 2 is 2.12 bits per heavy atom. The first-order valence-electron chi connectivity index (χ1n) is 7.81. The minimum Gasteiger partial charge on any atom is -0.349 e. The van der Waals surface area contributed by atoms with Crippen LogP contribution in [0.4, 0.5) is 5.13 Å². The lowest BCUT2D eigenvalue weighted by atomic mass is 10.2. The Kier molecular flexibility index (Phi) is 5.62. The third kappa shape index (κ3) is 3.81. The third-order valence-corrected chi connectivity index (χ3v) is 5.20. The van der Waals surface area contributed by atoms with Crippen LogP contribution in [0, 0.1) is 4.77 Å². The fraction of sp³-hybridized carbons (Fsp3) is 0.250. The summed E-state index contributed by atoms with van der Waals surface area (Å²) in [7, 11) is 0. The van der Waals surface area contributed by atoms with Gasteiger partial charge in [-0.2, -0.15) is 14.9 Å². The predicted octanol–water partition coefficient (Wildman–Crippen LogP) is 4.45. The van der Waals surface area contributed by atoms with Gasteiger partial charge in [0, 0.05) is 24.8 Å². The summed E-state index contributed by atoms with van der Waals surface area (Å²) in [4.78, 5) is 7.58. The molecule has 3 aromatic rings. The van der Waals surface area contributed by atoms with Crippen LogP contribution in [0.2, 0.25) is 5.02 Å². The largest absolute Gasteiger partial charge is 0.349 e. The zero-order valence-corrected chi connectivity index (χ0v) is 16.2. The number of nitrogens with one attached hydrogen (secondary N) is 1. The molecular formula is C16H17ClN6S2. The molecule has 0 radical (unpaired) electrons. The molecule has 0 unspecified atom stereocenters. The SMILES string of the molecule is CCN(CC)c1ncc(/C=N\n2c(-c3ccccc3Cl)n[nH]c2=S)s1. The first-order valence-corrected chi connectivity index (χ1v) is 9.41. The number of H-pyrrole nitrogens is 1. The lowest BCUT2D eigenvalue weighted by Gasteiger charge is -2.16. The number of hydrogen-bond acceptors (Lipinski definition) is 6. The normalized spacial score (nSPS) is 11.3. The van der Waals surface area contributed by atoms with Crippen LogP contribution in [0.25, 0.3) is 11.4 Å². The summed E-state index contributed by atoms with van der Waals surface area (Å²) in [6.45, 7) is 6.06. The molecule has 0 aliphatic heterocycles. The molecule has 0 bridgehead atoms. The molecule has 0 saturated heterocycles. The number of hydrogen-bond donors (Lipinski definition) is 1. The van der Waals surface area contributed by atoms with Crippen molar-refractivity contribution in [3.05, 3.63) is 45.1 Å². The average Bonchev–Trinajstić information content (AvgIpc) is 3.22. The maximum Gasteiger partial charge on any atom is 0.216 e. The fourth-order valence-corrected chi connectivity index (χ4v) is 3.62. The first kappa shape index (κ1) is 17.8. The van der Waals surface area contributed by atoms with Crippen molar-refractivity contribution >= 4 is 46.5 Å². The van der Waals surface area contributed by atoms with Gasteiger partial charge in [-0.25, -0.2) is 10.1 Å². The van der Waals surface area contributed by atoms with Crippen molar-refractivity contribution in [3.8, 4) is 11.4 Å². The molecule has 130 valence electrons. The highest BCUT2D eigenvalue weighted by atomic mass is 35.5. The van der Waals surface area contributed by atoms with Crippen LogP contribution < -0.4 is 4.90 Å². The van der Waals surface area contributed by atoms with E-state index in [9.17, 15) is 0 Å². The van der Waals surface area contributed by atoms with Crippen molar-refractivity contribution in [2.75, 3.05) is 18.0 Å². The van der Waals surface area contributed by atoms with E-state index < -0.39 is 0 Å². The van der Waals surface area contributed by atoms with Gasteiger partial charge in [0.25, 0.3) is 0 Å². The van der Waals surface area contributed by atoms with Crippen LogP contribution in [0.5, 0.6) is 0 Å². The Morgan fingerprint density at radius 3 is 2.84 bits per heavy atom. The van der Waals surface area contributed by atoms with Crippen molar-refractivity contribution in [2.45, 2.75) is 13.8 Å². The number of anilines is 1. The number of rotatable bonds is 6. The Bertz CT molecular complexity index is 938. The van der Waals surface area contributed by atoms with Crippen molar-refractivity contribution in [1.82, 2.24) is 19.9 Å². The van der Waals surface area contributed by atoms with E-state index in [1.165, 1.54) is 0 Å². The molecule has 0 fully saturated rings. The van der Waals surface area contributed by atoms with Crippen LogP contribution >= 0.6 is 35.2 Å². The van der Waals surface area contributed by atoms with E-state index in [1.807, 2.05) is 24.3 Å². The minimum atomic E-state index is 0.402. The topological polar surface area (TPSA) is 62.1 Å². The van der Waals surface area contributed by atoms with Crippen LogP contribution in [0.1, 0.15) is 18.7 Å². The number of thiazole rings is 1. The highest BCUT2D eigenvalue weighted by Crippen LogP contribution is 2.26. The van der Waals surface area contributed by atoms with Crippen molar-refractivity contribution in [3.63, 3.8) is 0 Å². The Balaban J connectivity index is 1.92.